The third-order valence-electron chi connectivity index (χ3n) is 4.47. The molecule has 1 aromatic rings. The average Bonchev–Trinajstić information content (AvgIpc) is 2.47. The Balaban J connectivity index is 1.88. The number of pyridine rings is 1. The first-order valence-corrected chi connectivity index (χ1v) is 8.09. The molecule has 2 rings (SSSR count). The SMILES string of the molecule is CCCNc1cc(NCC2(O)CCC(C)(C)CC2)ccn1. The third-order valence-corrected chi connectivity index (χ3v) is 4.47. The molecule has 0 atom stereocenters. The van der Waals surface area contributed by atoms with Crippen LogP contribution in [0.5, 0.6) is 0 Å². The lowest BCUT2D eigenvalue weighted by Crippen LogP contribution is -2.42. The third kappa shape index (κ3) is 4.88. The first-order valence-electron chi connectivity index (χ1n) is 8.09. The number of rotatable bonds is 6. The zero-order valence-corrected chi connectivity index (χ0v) is 13.6. The van der Waals surface area contributed by atoms with Gasteiger partial charge in [0.05, 0.1) is 5.60 Å². The summed E-state index contributed by atoms with van der Waals surface area (Å²) in [5.41, 5.74) is 0.817. The van der Waals surface area contributed by atoms with Crippen LogP contribution in [0, 0.1) is 5.41 Å². The lowest BCUT2D eigenvalue weighted by Gasteiger charge is -2.40. The molecule has 21 heavy (non-hydrogen) atoms. The maximum absolute atomic E-state index is 10.7. The Bertz CT molecular complexity index is 449. The Hall–Kier alpha value is -1.29. The summed E-state index contributed by atoms with van der Waals surface area (Å²) in [5.74, 6) is 0.888. The van der Waals surface area contributed by atoms with E-state index in [4.69, 9.17) is 0 Å². The molecule has 118 valence electrons. The summed E-state index contributed by atoms with van der Waals surface area (Å²) in [7, 11) is 0. The standard InChI is InChI=1S/C17H29N3O/c1-4-10-18-15-12-14(5-11-19-15)20-13-17(21)8-6-16(2,3)7-9-17/h5,11-12,21H,4,6-10,13H2,1-3H3,(H2,18,19,20). The van der Waals surface area contributed by atoms with Crippen molar-refractivity contribution >= 4 is 11.5 Å². The molecule has 4 heteroatoms. The van der Waals surface area contributed by atoms with E-state index in [2.05, 4.69) is 36.4 Å². The van der Waals surface area contributed by atoms with Crippen LogP contribution in [0.15, 0.2) is 18.3 Å². The van der Waals surface area contributed by atoms with Gasteiger partial charge in [-0.3, -0.25) is 0 Å². The summed E-state index contributed by atoms with van der Waals surface area (Å²) in [5, 5.41) is 17.3. The molecular weight excluding hydrogens is 262 g/mol. The van der Waals surface area contributed by atoms with Crippen molar-refractivity contribution < 1.29 is 5.11 Å². The summed E-state index contributed by atoms with van der Waals surface area (Å²) in [4.78, 5) is 4.29. The monoisotopic (exact) mass is 291 g/mol. The number of nitrogens with zero attached hydrogens (tertiary/aromatic N) is 1. The van der Waals surface area contributed by atoms with Gasteiger partial charge in [-0.1, -0.05) is 20.8 Å². The summed E-state index contributed by atoms with van der Waals surface area (Å²) >= 11 is 0. The normalized spacial score (nSPS) is 20.0. The molecular formula is C17H29N3O. The van der Waals surface area contributed by atoms with Crippen LogP contribution in [0.25, 0.3) is 0 Å². The number of hydrogen-bond donors (Lipinski definition) is 3. The molecule has 4 nitrogen and oxygen atoms in total. The molecule has 3 N–H and O–H groups in total. The fourth-order valence-electron chi connectivity index (χ4n) is 2.73. The molecule has 1 saturated carbocycles. The van der Waals surface area contributed by atoms with Gasteiger partial charge in [0, 0.05) is 31.0 Å². The zero-order chi connectivity index (χ0) is 15.3. The van der Waals surface area contributed by atoms with Crippen LogP contribution >= 0.6 is 0 Å². The Morgan fingerprint density at radius 2 is 1.90 bits per heavy atom. The van der Waals surface area contributed by atoms with Crippen molar-refractivity contribution in [1.29, 1.82) is 0 Å². The molecule has 0 bridgehead atoms. The van der Waals surface area contributed by atoms with E-state index in [1.165, 1.54) is 0 Å². The van der Waals surface area contributed by atoms with Gasteiger partial charge >= 0.3 is 0 Å². The zero-order valence-electron chi connectivity index (χ0n) is 13.6. The highest BCUT2D eigenvalue weighted by Gasteiger charge is 2.36. The van der Waals surface area contributed by atoms with E-state index in [9.17, 15) is 5.11 Å². The second-order valence-electron chi connectivity index (χ2n) is 7.10. The van der Waals surface area contributed by atoms with Gasteiger partial charge in [0.1, 0.15) is 5.82 Å². The minimum absolute atomic E-state index is 0.375. The van der Waals surface area contributed by atoms with E-state index in [0.29, 0.717) is 12.0 Å². The first kappa shape index (κ1) is 16.1. The summed E-state index contributed by atoms with van der Waals surface area (Å²) < 4.78 is 0. The smallest absolute Gasteiger partial charge is 0.127 e. The van der Waals surface area contributed by atoms with E-state index in [1.807, 2.05) is 12.1 Å². The van der Waals surface area contributed by atoms with Gasteiger partial charge in [-0.05, 0) is 43.6 Å². The number of hydrogen-bond acceptors (Lipinski definition) is 4. The van der Waals surface area contributed by atoms with Crippen LogP contribution in [-0.4, -0.2) is 28.8 Å². The summed E-state index contributed by atoms with van der Waals surface area (Å²) in [6.07, 6.45) is 6.80. The van der Waals surface area contributed by atoms with E-state index in [-0.39, 0.29) is 0 Å². The molecule has 1 heterocycles. The lowest BCUT2D eigenvalue weighted by atomic mass is 9.71. The number of aliphatic hydroxyl groups is 1. The van der Waals surface area contributed by atoms with Gasteiger partial charge in [-0.15, -0.1) is 0 Å². The molecule has 0 aromatic carbocycles. The van der Waals surface area contributed by atoms with Crippen molar-refractivity contribution in [2.75, 3.05) is 23.7 Å². The molecule has 1 aliphatic carbocycles. The second-order valence-corrected chi connectivity index (χ2v) is 7.10. The van der Waals surface area contributed by atoms with Crippen LogP contribution in [0.3, 0.4) is 0 Å². The quantitative estimate of drug-likeness (QED) is 0.749. The number of nitrogens with one attached hydrogen (secondary N) is 2. The van der Waals surface area contributed by atoms with Crippen LogP contribution in [-0.2, 0) is 0 Å². The number of aromatic nitrogens is 1. The van der Waals surface area contributed by atoms with Crippen molar-refractivity contribution in [1.82, 2.24) is 4.98 Å². The van der Waals surface area contributed by atoms with Crippen LogP contribution in [0.4, 0.5) is 11.5 Å². The first-order chi connectivity index (χ1) is 9.92. The van der Waals surface area contributed by atoms with Gasteiger partial charge in [0.15, 0.2) is 0 Å². The Morgan fingerprint density at radius 3 is 2.57 bits per heavy atom. The van der Waals surface area contributed by atoms with Crippen LogP contribution in [0.1, 0.15) is 52.9 Å². The van der Waals surface area contributed by atoms with Gasteiger partial charge < -0.3 is 15.7 Å². The highest BCUT2D eigenvalue weighted by Crippen LogP contribution is 2.40. The predicted octanol–water partition coefficient (Wildman–Crippen LogP) is 3.65. The minimum atomic E-state index is -0.574. The van der Waals surface area contributed by atoms with Crippen LogP contribution in [0.2, 0.25) is 0 Å². The van der Waals surface area contributed by atoms with E-state index in [0.717, 1.165) is 50.2 Å². The van der Waals surface area contributed by atoms with E-state index >= 15 is 0 Å². The Labute approximate surface area is 128 Å². The summed E-state index contributed by atoms with van der Waals surface area (Å²) in [6, 6.07) is 3.96. The molecule has 0 unspecified atom stereocenters. The van der Waals surface area contributed by atoms with Crippen molar-refractivity contribution in [3.8, 4) is 0 Å². The Morgan fingerprint density at radius 1 is 1.19 bits per heavy atom. The molecule has 0 radical (unpaired) electrons. The molecule has 1 fully saturated rings. The van der Waals surface area contributed by atoms with E-state index < -0.39 is 5.60 Å². The number of anilines is 2. The lowest BCUT2D eigenvalue weighted by molar-refractivity contribution is -0.0145. The predicted molar refractivity (Wildman–Crippen MR) is 88.7 cm³/mol. The molecule has 1 aliphatic rings. The van der Waals surface area contributed by atoms with Crippen molar-refractivity contribution in [2.45, 2.75) is 58.5 Å². The van der Waals surface area contributed by atoms with Crippen molar-refractivity contribution in [2.24, 2.45) is 5.41 Å². The Kier molecular flexibility index (Phi) is 5.09. The maximum atomic E-state index is 10.7. The molecule has 0 aliphatic heterocycles. The highest BCUT2D eigenvalue weighted by molar-refractivity contribution is 5.52. The largest absolute Gasteiger partial charge is 0.388 e. The highest BCUT2D eigenvalue weighted by atomic mass is 16.3. The maximum Gasteiger partial charge on any atom is 0.127 e. The molecule has 1 aromatic heterocycles. The van der Waals surface area contributed by atoms with Crippen molar-refractivity contribution in [3.63, 3.8) is 0 Å². The molecule has 0 saturated heterocycles. The molecule has 0 amide bonds. The topological polar surface area (TPSA) is 57.2 Å². The van der Waals surface area contributed by atoms with Gasteiger partial charge in [-0.2, -0.15) is 0 Å². The van der Waals surface area contributed by atoms with Gasteiger partial charge in [0.2, 0.25) is 0 Å². The second kappa shape index (κ2) is 6.65. The van der Waals surface area contributed by atoms with E-state index in [1.54, 1.807) is 6.20 Å². The van der Waals surface area contributed by atoms with Gasteiger partial charge in [-0.25, -0.2) is 4.98 Å². The minimum Gasteiger partial charge on any atom is -0.388 e. The fourth-order valence-corrected chi connectivity index (χ4v) is 2.73. The van der Waals surface area contributed by atoms with Crippen molar-refractivity contribution in [3.05, 3.63) is 18.3 Å². The van der Waals surface area contributed by atoms with Gasteiger partial charge in [0.25, 0.3) is 0 Å². The van der Waals surface area contributed by atoms with Crippen LogP contribution < -0.4 is 10.6 Å². The molecule has 0 spiro atoms. The fraction of sp³-hybridized carbons (Fsp3) is 0.706. The average molecular weight is 291 g/mol. The summed E-state index contributed by atoms with van der Waals surface area (Å²) in [6.45, 7) is 8.24.